The molecule has 0 bridgehead atoms. The summed E-state index contributed by atoms with van der Waals surface area (Å²) in [5.74, 6) is 0. The highest BCUT2D eigenvalue weighted by molar-refractivity contribution is 6.22. The zero-order chi connectivity index (χ0) is 31.2. The molecule has 220 valence electrons. The molecular weight excluding hydrogens is 565 g/mol. The Bertz CT molecular complexity index is 2520. The molecule has 0 aliphatic rings. The van der Waals surface area contributed by atoms with Crippen molar-refractivity contribution in [2.75, 3.05) is 0 Å². The fraction of sp³-hybridized carbons (Fsp3) is 0.0213. The predicted molar refractivity (Wildman–Crippen MR) is 202 cm³/mol. The van der Waals surface area contributed by atoms with Crippen molar-refractivity contribution >= 4 is 43.1 Å². The van der Waals surface area contributed by atoms with E-state index in [1.54, 1.807) is 0 Å². The lowest BCUT2D eigenvalue weighted by molar-refractivity contribution is 1.23. The molecule has 0 aliphatic carbocycles. The van der Waals surface area contributed by atoms with Crippen molar-refractivity contribution in [3.8, 4) is 33.4 Å². The van der Waals surface area contributed by atoms with E-state index in [1.165, 1.54) is 87.6 Å². The van der Waals surface area contributed by atoms with Crippen LogP contribution in [0.25, 0.3) is 76.5 Å². The zero-order valence-electron chi connectivity index (χ0n) is 26.0. The van der Waals surface area contributed by atoms with Gasteiger partial charge in [-0.05, 0) is 106 Å². The second-order valence-electron chi connectivity index (χ2n) is 12.4. The van der Waals surface area contributed by atoms with Crippen molar-refractivity contribution in [1.29, 1.82) is 0 Å². The van der Waals surface area contributed by atoms with Crippen LogP contribution in [0.5, 0.6) is 0 Å². The van der Waals surface area contributed by atoms with Crippen LogP contribution in [0.4, 0.5) is 0 Å². The first-order valence-corrected chi connectivity index (χ1v) is 16.4. The Balaban J connectivity index is 1.33. The fourth-order valence-electron chi connectivity index (χ4n) is 7.59. The Morgan fingerprint density at radius 2 is 0.830 bits per heavy atom. The van der Waals surface area contributed by atoms with Gasteiger partial charge in [0, 0.05) is 0 Å². The minimum absolute atomic E-state index is 0.852. The summed E-state index contributed by atoms with van der Waals surface area (Å²) in [7, 11) is 0. The van der Waals surface area contributed by atoms with E-state index in [9.17, 15) is 0 Å². The summed E-state index contributed by atoms with van der Waals surface area (Å²) >= 11 is 0. The normalized spacial score (nSPS) is 11.5. The maximum absolute atomic E-state index is 2.43. The largest absolute Gasteiger partial charge is 0.0622 e. The molecule has 0 N–H and O–H groups in total. The van der Waals surface area contributed by atoms with Crippen LogP contribution >= 0.6 is 0 Å². The Morgan fingerprint density at radius 3 is 1.51 bits per heavy atom. The summed E-state index contributed by atoms with van der Waals surface area (Å²) in [6, 6.07) is 66.7. The van der Waals surface area contributed by atoms with Crippen molar-refractivity contribution in [2.45, 2.75) is 6.42 Å². The molecule has 0 radical (unpaired) electrons. The van der Waals surface area contributed by atoms with Crippen molar-refractivity contribution in [3.63, 3.8) is 0 Å². The smallest absolute Gasteiger partial charge is 0.000728 e. The maximum atomic E-state index is 2.43. The Labute approximate surface area is 275 Å². The van der Waals surface area contributed by atoms with Crippen molar-refractivity contribution < 1.29 is 0 Å². The molecule has 9 aromatic carbocycles. The highest BCUT2D eigenvalue weighted by Gasteiger charge is 2.19. The van der Waals surface area contributed by atoms with E-state index in [0.717, 1.165) is 6.42 Å². The lowest BCUT2D eigenvalue weighted by Crippen LogP contribution is -1.97. The molecule has 0 spiro atoms. The van der Waals surface area contributed by atoms with Gasteiger partial charge in [0.1, 0.15) is 0 Å². The van der Waals surface area contributed by atoms with Gasteiger partial charge >= 0.3 is 0 Å². The molecule has 0 heteroatoms. The molecule has 47 heavy (non-hydrogen) atoms. The number of rotatable bonds is 5. The lowest BCUT2D eigenvalue weighted by atomic mass is 9.83. The fourth-order valence-corrected chi connectivity index (χ4v) is 7.59. The Hall–Kier alpha value is -5.98. The molecular formula is C47H32. The molecule has 0 aliphatic heterocycles. The third-order valence-corrected chi connectivity index (χ3v) is 9.75. The van der Waals surface area contributed by atoms with E-state index >= 15 is 0 Å². The summed E-state index contributed by atoms with van der Waals surface area (Å²) in [5.41, 5.74) is 10.3. The standard InChI is InChI=1S/C47H32/c1-3-15-32(16-4-1)34-27-28-38-36(29-34)31-46(40-22-10-9-21-39(38)40)47-43-25-13-11-23-41(43)45(42-24-12-14-26-44(42)47)30-35-19-7-8-20-37(35)33-17-5-2-6-18-33/h1-29,31H,30H2. The summed E-state index contributed by atoms with van der Waals surface area (Å²) < 4.78 is 0. The number of fused-ring (bicyclic) bond motifs is 5. The van der Waals surface area contributed by atoms with Gasteiger partial charge < -0.3 is 0 Å². The van der Waals surface area contributed by atoms with Gasteiger partial charge in [-0.25, -0.2) is 0 Å². The molecule has 0 saturated heterocycles. The highest BCUT2D eigenvalue weighted by Crippen LogP contribution is 2.45. The number of hydrogen-bond donors (Lipinski definition) is 0. The molecule has 0 amide bonds. The monoisotopic (exact) mass is 596 g/mol. The van der Waals surface area contributed by atoms with Crippen LogP contribution in [0.15, 0.2) is 182 Å². The predicted octanol–water partition coefficient (Wildman–Crippen LogP) is 12.9. The van der Waals surface area contributed by atoms with E-state index in [4.69, 9.17) is 0 Å². The Morgan fingerprint density at radius 1 is 0.298 bits per heavy atom. The minimum Gasteiger partial charge on any atom is -0.0622 e. The van der Waals surface area contributed by atoms with E-state index in [-0.39, 0.29) is 0 Å². The molecule has 0 nitrogen and oxygen atoms in total. The van der Waals surface area contributed by atoms with Gasteiger partial charge in [0.05, 0.1) is 0 Å². The number of hydrogen-bond acceptors (Lipinski definition) is 0. The van der Waals surface area contributed by atoms with Gasteiger partial charge in [0.25, 0.3) is 0 Å². The summed E-state index contributed by atoms with van der Waals surface area (Å²) in [6.07, 6.45) is 0.852. The average Bonchev–Trinajstić information content (AvgIpc) is 3.15. The van der Waals surface area contributed by atoms with Crippen LogP contribution in [0, 0.1) is 0 Å². The molecule has 0 fully saturated rings. The second kappa shape index (κ2) is 11.4. The van der Waals surface area contributed by atoms with Gasteiger partial charge in [-0.15, -0.1) is 0 Å². The lowest BCUT2D eigenvalue weighted by Gasteiger charge is -2.20. The van der Waals surface area contributed by atoms with Gasteiger partial charge in [0.2, 0.25) is 0 Å². The van der Waals surface area contributed by atoms with Crippen molar-refractivity contribution in [2.24, 2.45) is 0 Å². The van der Waals surface area contributed by atoms with Crippen molar-refractivity contribution in [1.82, 2.24) is 0 Å². The van der Waals surface area contributed by atoms with Gasteiger partial charge in [-0.2, -0.15) is 0 Å². The van der Waals surface area contributed by atoms with Crippen LogP contribution in [0.3, 0.4) is 0 Å². The van der Waals surface area contributed by atoms with Crippen LogP contribution in [-0.4, -0.2) is 0 Å². The van der Waals surface area contributed by atoms with Crippen LogP contribution in [0.1, 0.15) is 11.1 Å². The summed E-state index contributed by atoms with van der Waals surface area (Å²) in [4.78, 5) is 0. The van der Waals surface area contributed by atoms with Crippen LogP contribution < -0.4 is 0 Å². The van der Waals surface area contributed by atoms with Crippen LogP contribution in [-0.2, 0) is 6.42 Å². The SMILES string of the molecule is c1ccc(-c2ccc3c(c2)cc(-c2c4ccccc4c(Cc4ccccc4-c4ccccc4)c4ccccc24)c2ccccc23)cc1. The molecule has 9 rings (SSSR count). The zero-order valence-corrected chi connectivity index (χ0v) is 26.0. The highest BCUT2D eigenvalue weighted by atomic mass is 14.2. The van der Waals surface area contributed by atoms with E-state index in [1.807, 2.05) is 0 Å². The first-order chi connectivity index (χ1) is 23.3. The van der Waals surface area contributed by atoms with E-state index in [0.29, 0.717) is 0 Å². The summed E-state index contributed by atoms with van der Waals surface area (Å²) in [6.45, 7) is 0. The minimum atomic E-state index is 0.852. The Kier molecular flexibility index (Phi) is 6.65. The summed E-state index contributed by atoms with van der Waals surface area (Å²) in [5, 5.41) is 10.3. The second-order valence-corrected chi connectivity index (χ2v) is 12.4. The third kappa shape index (κ3) is 4.69. The van der Waals surface area contributed by atoms with Crippen molar-refractivity contribution in [3.05, 3.63) is 193 Å². The van der Waals surface area contributed by atoms with Crippen LogP contribution in [0.2, 0.25) is 0 Å². The first-order valence-electron chi connectivity index (χ1n) is 16.4. The molecule has 0 atom stereocenters. The topological polar surface area (TPSA) is 0 Å². The van der Waals surface area contributed by atoms with E-state index in [2.05, 4.69) is 182 Å². The first kappa shape index (κ1) is 27.3. The molecule has 0 unspecified atom stereocenters. The molecule has 9 aromatic rings. The maximum Gasteiger partial charge on any atom is -0.000728 e. The van der Waals surface area contributed by atoms with Gasteiger partial charge in [-0.1, -0.05) is 170 Å². The van der Waals surface area contributed by atoms with Gasteiger partial charge in [-0.3, -0.25) is 0 Å². The van der Waals surface area contributed by atoms with E-state index < -0.39 is 0 Å². The molecule has 0 heterocycles. The number of benzene rings is 9. The third-order valence-electron chi connectivity index (χ3n) is 9.75. The molecule has 0 saturated carbocycles. The quantitative estimate of drug-likeness (QED) is 0.137. The average molecular weight is 597 g/mol. The van der Waals surface area contributed by atoms with Gasteiger partial charge in [0.15, 0.2) is 0 Å². The molecule has 0 aromatic heterocycles.